The van der Waals surface area contributed by atoms with Crippen LogP contribution >= 0.6 is 23.1 Å². The van der Waals surface area contributed by atoms with Crippen LogP contribution in [-0.4, -0.2) is 31.0 Å². The van der Waals surface area contributed by atoms with Gasteiger partial charge in [-0.2, -0.15) is 0 Å². The maximum atomic E-state index is 11.9. The van der Waals surface area contributed by atoms with Crippen LogP contribution in [0.5, 0.6) is 0 Å². The Kier molecular flexibility index (Phi) is 4.03. The van der Waals surface area contributed by atoms with Crippen molar-refractivity contribution in [3.63, 3.8) is 0 Å². The number of rotatable bonds is 4. The third-order valence-corrected chi connectivity index (χ3v) is 6.68. The van der Waals surface area contributed by atoms with Crippen LogP contribution in [0.25, 0.3) is 0 Å². The molecule has 4 nitrogen and oxygen atoms in total. The summed E-state index contributed by atoms with van der Waals surface area (Å²) in [4.78, 5) is 11.0. The summed E-state index contributed by atoms with van der Waals surface area (Å²) in [7, 11) is -3.41. The van der Waals surface area contributed by atoms with E-state index in [0.29, 0.717) is 4.21 Å². The number of aromatic carboxylic acids is 1. The number of hydrogen-bond donors (Lipinski definition) is 1. The number of sulfone groups is 1. The Morgan fingerprint density at radius 1 is 1.50 bits per heavy atom. The lowest BCUT2D eigenvalue weighted by atomic mass is 10.5. The molecule has 0 fully saturated rings. The van der Waals surface area contributed by atoms with Gasteiger partial charge in [0, 0.05) is 0 Å². The van der Waals surface area contributed by atoms with Gasteiger partial charge in [-0.25, -0.2) is 13.2 Å². The Balaban J connectivity index is 3.39. The SMILES string of the molecule is CSc1sc(C(=O)O)cc1S(=O)(=O)C(C)C. The van der Waals surface area contributed by atoms with Gasteiger partial charge in [0.1, 0.15) is 4.88 Å². The van der Waals surface area contributed by atoms with Gasteiger partial charge in [0.25, 0.3) is 0 Å². The molecule has 0 amide bonds. The van der Waals surface area contributed by atoms with E-state index in [1.54, 1.807) is 20.1 Å². The third kappa shape index (κ3) is 2.41. The van der Waals surface area contributed by atoms with E-state index in [9.17, 15) is 13.2 Å². The normalized spacial score (nSPS) is 12.0. The molecule has 1 heterocycles. The van der Waals surface area contributed by atoms with Gasteiger partial charge < -0.3 is 5.11 Å². The zero-order chi connectivity index (χ0) is 12.5. The molecule has 0 aromatic carbocycles. The average Bonchev–Trinajstić information content (AvgIpc) is 2.61. The van der Waals surface area contributed by atoms with Gasteiger partial charge in [0.05, 0.1) is 14.4 Å². The van der Waals surface area contributed by atoms with Crippen LogP contribution in [-0.2, 0) is 9.84 Å². The van der Waals surface area contributed by atoms with Crippen molar-refractivity contribution in [2.24, 2.45) is 0 Å². The van der Waals surface area contributed by atoms with Gasteiger partial charge in [-0.1, -0.05) is 0 Å². The van der Waals surface area contributed by atoms with E-state index in [2.05, 4.69) is 0 Å². The lowest BCUT2D eigenvalue weighted by molar-refractivity contribution is 0.0702. The molecule has 0 spiro atoms. The lowest BCUT2D eigenvalue weighted by Crippen LogP contribution is -2.13. The maximum absolute atomic E-state index is 11.9. The number of carboxylic acids is 1. The smallest absolute Gasteiger partial charge is 0.345 e. The van der Waals surface area contributed by atoms with Gasteiger partial charge in [-0.3, -0.25) is 0 Å². The molecule has 90 valence electrons. The molecule has 0 radical (unpaired) electrons. The number of thioether (sulfide) groups is 1. The summed E-state index contributed by atoms with van der Waals surface area (Å²) in [6.45, 7) is 3.16. The highest BCUT2D eigenvalue weighted by atomic mass is 32.2. The molecule has 0 aliphatic carbocycles. The van der Waals surface area contributed by atoms with E-state index in [4.69, 9.17) is 5.11 Å². The predicted octanol–water partition coefficient (Wildman–Crippen LogP) is 2.35. The topological polar surface area (TPSA) is 71.4 Å². The van der Waals surface area contributed by atoms with Crippen LogP contribution in [0.4, 0.5) is 0 Å². The second kappa shape index (κ2) is 4.77. The molecule has 7 heteroatoms. The fourth-order valence-electron chi connectivity index (χ4n) is 1.06. The number of hydrogen-bond acceptors (Lipinski definition) is 5. The molecule has 1 aromatic rings. The van der Waals surface area contributed by atoms with E-state index in [-0.39, 0.29) is 9.77 Å². The Labute approximate surface area is 103 Å². The minimum atomic E-state index is -3.41. The molecule has 0 saturated carbocycles. The summed E-state index contributed by atoms with van der Waals surface area (Å²) >= 11 is 2.25. The largest absolute Gasteiger partial charge is 0.477 e. The van der Waals surface area contributed by atoms with E-state index in [1.165, 1.54) is 17.8 Å². The maximum Gasteiger partial charge on any atom is 0.345 e. The van der Waals surface area contributed by atoms with Crippen molar-refractivity contribution in [1.82, 2.24) is 0 Å². The van der Waals surface area contributed by atoms with Gasteiger partial charge in [0.15, 0.2) is 9.84 Å². The molecular weight excluding hydrogens is 268 g/mol. The number of carbonyl (C=O) groups is 1. The van der Waals surface area contributed by atoms with Crippen LogP contribution in [0.15, 0.2) is 15.2 Å². The summed E-state index contributed by atoms with van der Waals surface area (Å²) in [5.74, 6) is -1.09. The van der Waals surface area contributed by atoms with Crippen LogP contribution < -0.4 is 0 Å². The Morgan fingerprint density at radius 2 is 2.06 bits per heavy atom. The van der Waals surface area contributed by atoms with E-state index in [0.717, 1.165) is 11.3 Å². The molecular formula is C9H12O4S3. The predicted molar refractivity (Wildman–Crippen MR) is 65.4 cm³/mol. The first kappa shape index (κ1) is 13.5. The van der Waals surface area contributed by atoms with Gasteiger partial charge in [0.2, 0.25) is 0 Å². The minimum absolute atomic E-state index is 0.0589. The fourth-order valence-corrected chi connectivity index (χ4v) is 4.71. The molecule has 0 aliphatic rings. The van der Waals surface area contributed by atoms with E-state index < -0.39 is 21.1 Å². The van der Waals surface area contributed by atoms with Crippen molar-refractivity contribution in [2.45, 2.75) is 28.2 Å². The first-order chi connectivity index (χ1) is 7.30. The number of carboxylic acid groups (broad SMARTS) is 1. The minimum Gasteiger partial charge on any atom is -0.477 e. The summed E-state index contributed by atoms with van der Waals surface area (Å²) in [5, 5.41) is 8.28. The summed E-state index contributed by atoms with van der Waals surface area (Å²) in [5.41, 5.74) is 0. The summed E-state index contributed by atoms with van der Waals surface area (Å²) in [6, 6.07) is 1.24. The Morgan fingerprint density at radius 3 is 2.44 bits per heavy atom. The lowest BCUT2D eigenvalue weighted by Gasteiger charge is -2.06. The van der Waals surface area contributed by atoms with Gasteiger partial charge in [-0.15, -0.1) is 23.1 Å². The highest BCUT2D eigenvalue weighted by Gasteiger charge is 2.26. The van der Waals surface area contributed by atoms with E-state index in [1.807, 2.05) is 0 Å². The summed E-state index contributed by atoms with van der Waals surface area (Å²) < 4.78 is 24.4. The zero-order valence-electron chi connectivity index (χ0n) is 9.05. The molecule has 1 rings (SSSR count). The molecule has 0 aliphatic heterocycles. The molecule has 16 heavy (non-hydrogen) atoms. The monoisotopic (exact) mass is 280 g/mol. The fraction of sp³-hybridized carbons (Fsp3) is 0.444. The Hall–Kier alpha value is -0.530. The average molecular weight is 280 g/mol. The zero-order valence-corrected chi connectivity index (χ0v) is 11.5. The Bertz CT molecular complexity index is 499. The highest BCUT2D eigenvalue weighted by molar-refractivity contribution is 8.01. The molecule has 1 N–H and O–H groups in total. The van der Waals surface area contributed by atoms with Crippen LogP contribution in [0.2, 0.25) is 0 Å². The quantitative estimate of drug-likeness (QED) is 0.857. The van der Waals surface area contributed by atoms with Crippen LogP contribution in [0.3, 0.4) is 0 Å². The molecule has 0 unspecified atom stereocenters. The van der Waals surface area contributed by atoms with Crippen LogP contribution in [0, 0.1) is 0 Å². The van der Waals surface area contributed by atoms with E-state index >= 15 is 0 Å². The second-order valence-electron chi connectivity index (χ2n) is 3.37. The van der Waals surface area contributed by atoms with Crippen molar-refractivity contribution >= 4 is 38.9 Å². The van der Waals surface area contributed by atoms with Crippen molar-refractivity contribution < 1.29 is 18.3 Å². The first-order valence-electron chi connectivity index (χ1n) is 4.45. The standard InChI is InChI=1S/C9H12O4S3/c1-5(2)16(12,13)7-4-6(8(10)11)15-9(7)14-3/h4-5H,1-3H3,(H,10,11). The van der Waals surface area contributed by atoms with Gasteiger partial charge >= 0.3 is 5.97 Å². The highest BCUT2D eigenvalue weighted by Crippen LogP contribution is 2.35. The van der Waals surface area contributed by atoms with Gasteiger partial charge in [-0.05, 0) is 26.2 Å². The van der Waals surface area contributed by atoms with Crippen LogP contribution in [0.1, 0.15) is 23.5 Å². The van der Waals surface area contributed by atoms with Crippen molar-refractivity contribution in [3.05, 3.63) is 10.9 Å². The van der Waals surface area contributed by atoms with Crippen molar-refractivity contribution in [1.29, 1.82) is 0 Å². The molecule has 0 saturated heterocycles. The van der Waals surface area contributed by atoms with Crippen molar-refractivity contribution in [3.8, 4) is 0 Å². The molecule has 0 atom stereocenters. The third-order valence-electron chi connectivity index (χ3n) is 1.99. The molecule has 0 bridgehead atoms. The summed E-state index contributed by atoms with van der Waals surface area (Å²) in [6.07, 6.45) is 1.73. The first-order valence-corrected chi connectivity index (χ1v) is 8.04. The second-order valence-corrected chi connectivity index (χ2v) is 7.97. The number of thiophene rings is 1. The molecule has 1 aromatic heterocycles. The van der Waals surface area contributed by atoms with Crippen molar-refractivity contribution in [2.75, 3.05) is 6.26 Å².